The maximum Gasteiger partial charge on any atom is 0.234 e. The minimum atomic E-state index is -0.735. The topological polar surface area (TPSA) is 79.0 Å². The lowest BCUT2D eigenvalue weighted by atomic mass is 9.76. The summed E-state index contributed by atoms with van der Waals surface area (Å²) in [7, 11) is 0. The van der Waals surface area contributed by atoms with Crippen LogP contribution in [0.5, 0.6) is 0 Å². The quantitative estimate of drug-likeness (QED) is 0.756. The fraction of sp³-hybridized carbons (Fsp3) is 0.500. The van der Waals surface area contributed by atoms with Crippen molar-refractivity contribution in [2.24, 2.45) is 11.8 Å². The Morgan fingerprint density at radius 2 is 2.03 bits per heavy atom. The number of hydrogen-bond donors (Lipinski definition) is 1. The summed E-state index contributed by atoms with van der Waals surface area (Å²) in [5.41, 5.74) is 2.41. The number of carbonyl (C=O) groups excluding carboxylic acids is 3. The molecule has 1 aromatic rings. The molecule has 0 aliphatic carbocycles. The molecule has 29 heavy (non-hydrogen) atoms. The first-order valence-corrected chi connectivity index (χ1v) is 10.2. The normalized spacial score (nSPS) is 33.1. The molecule has 3 saturated heterocycles. The third kappa shape index (κ3) is 2.71. The number of aryl methyl sites for hydroxylation is 2. The van der Waals surface area contributed by atoms with Crippen molar-refractivity contribution < 1.29 is 19.1 Å². The van der Waals surface area contributed by atoms with Crippen LogP contribution < -0.4 is 10.2 Å². The predicted octanol–water partition coefficient (Wildman–Crippen LogP) is 0.938. The summed E-state index contributed by atoms with van der Waals surface area (Å²) >= 11 is 0. The first-order chi connectivity index (χ1) is 13.9. The molecule has 4 aliphatic rings. The van der Waals surface area contributed by atoms with Gasteiger partial charge in [0.25, 0.3) is 0 Å². The average molecular weight is 395 g/mol. The van der Waals surface area contributed by atoms with Gasteiger partial charge >= 0.3 is 0 Å². The van der Waals surface area contributed by atoms with Crippen molar-refractivity contribution in [1.29, 1.82) is 0 Å². The lowest BCUT2D eigenvalue weighted by Crippen LogP contribution is -2.47. The fourth-order valence-electron chi connectivity index (χ4n) is 5.09. The van der Waals surface area contributed by atoms with Crippen LogP contribution in [0, 0.1) is 25.7 Å². The van der Waals surface area contributed by atoms with Crippen LogP contribution in [0.1, 0.15) is 17.5 Å². The van der Waals surface area contributed by atoms with E-state index in [2.05, 4.69) is 5.32 Å². The Balaban J connectivity index is 1.44. The van der Waals surface area contributed by atoms with E-state index in [-0.39, 0.29) is 23.8 Å². The highest BCUT2D eigenvalue weighted by Gasteiger charge is 2.67. The molecule has 1 aromatic carbocycles. The summed E-state index contributed by atoms with van der Waals surface area (Å²) < 4.78 is 6.23. The predicted molar refractivity (Wildman–Crippen MR) is 106 cm³/mol. The number of carbonyl (C=O) groups is 3. The SMILES string of the molecule is Cc1ccc(N2C[C@]34C=C[C@H](O3)[C@@H](C(=O)N3CCNC(=O)CC3)[C@H]4C2=O)cc1C. The highest BCUT2D eigenvalue weighted by Crippen LogP contribution is 2.53. The molecule has 1 spiro atoms. The first kappa shape index (κ1) is 18.4. The Hall–Kier alpha value is -2.67. The number of ether oxygens (including phenoxy) is 1. The maximum absolute atomic E-state index is 13.5. The van der Waals surface area contributed by atoms with Gasteiger partial charge in [0.15, 0.2) is 0 Å². The molecule has 0 radical (unpaired) electrons. The maximum atomic E-state index is 13.5. The summed E-state index contributed by atoms with van der Waals surface area (Å²) in [5, 5.41) is 2.79. The van der Waals surface area contributed by atoms with Gasteiger partial charge in [-0.3, -0.25) is 14.4 Å². The lowest BCUT2D eigenvalue weighted by molar-refractivity contribution is -0.140. The van der Waals surface area contributed by atoms with Crippen LogP contribution in [0.3, 0.4) is 0 Å². The number of benzene rings is 1. The summed E-state index contributed by atoms with van der Waals surface area (Å²) in [6.45, 7) is 5.79. The Morgan fingerprint density at radius 3 is 2.83 bits per heavy atom. The molecule has 7 heteroatoms. The molecule has 5 rings (SSSR count). The van der Waals surface area contributed by atoms with E-state index in [1.807, 2.05) is 44.2 Å². The lowest BCUT2D eigenvalue weighted by Gasteiger charge is -2.29. The van der Waals surface area contributed by atoms with Gasteiger partial charge in [-0.25, -0.2) is 0 Å². The number of amides is 3. The fourth-order valence-corrected chi connectivity index (χ4v) is 5.09. The number of fused-ring (bicyclic) bond motifs is 1. The minimum absolute atomic E-state index is 0.0429. The van der Waals surface area contributed by atoms with Gasteiger partial charge < -0.3 is 19.9 Å². The largest absolute Gasteiger partial charge is 0.360 e. The van der Waals surface area contributed by atoms with Gasteiger partial charge in [-0.05, 0) is 37.1 Å². The van der Waals surface area contributed by atoms with Crippen LogP contribution >= 0.6 is 0 Å². The standard InChI is InChI=1S/C22H25N3O4/c1-13-3-4-15(11-14(13)2)25-12-22-7-5-16(29-22)18(19(22)21(25)28)20(27)24-9-6-17(26)23-8-10-24/h3-5,7,11,16,18-19H,6,8-10,12H2,1-2H3,(H,23,26)/t16-,18+,19-,22-/m0/s1. The smallest absolute Gasteiger partial charge is 0.234 e. The van der Waals surface area contributed by atoms with Gasteiger partial charge in [-0.2, -0.15) is 0 Å². The van der Waals surface area contributed by atoms with E-state index < -0.39 is 17.4 Å². The molecule has 1 N–H and O–H groups in total. The second kappa shape index (κ2) is 6.42. The molecule has 7 nitrogen and oxygen atoms in total. The van der Waals surface area contributed by atoms with Crippen molar-refractivity contribution in [3.8, 4) is 0 Å². The van der Waals surface area contributed by atoms with E-state index in [4.69, 9.17) is 4.74 Å². The first-order valence-electron chi connectivity index (χ1n) is 10.2. The van der Waals surface area contributed by atoms with Crippen LogP contribution in [0.4, 0.5) is 5.69 Å². The van der Waals surface area contributed by atoms with Crippen molar-refractivity contribution in [1.82, 2.24) is 10.2 Å². The van der Waals surface area contributed by atoms with Crippen LogP contribution in [0.2, 0.25) is 0 Å². The number of nitrogens with one attached hydrogen (secondary N) is 1. The monoisotopic (exact) mass is 395 g/mol. The van der Waals surface area contributed by atoms with Crippen LogP contribution in [0.15, 0.2) is 30.4 Å². The van der Waals surface area contributed by atoms with Gasteiger partial charge in [0, 0.05) is 31.7 Å². The third-order valence-corrected chi connectivity index (χ3v) is 6.81. The van der Waals surface area contributed by atoms with Crippen LogP contribution in [-0.2, 0) is 19.1 Å². The summed E-state index contributed by atoms with van der Waals surface area (Å²) in [4.78, 5) is 41.9. The molecule has 4 atom stereocenters. The van der Waals surface area contributed by atoms with E-state index >= 15 is 0 Å². The Kier molecular flexibility index (Phi) is 4.07. The summed E-state index contributed by atoms with van der Waals surface area (Å²) in [5.74, 6) is -1.23. The summed E-state index contributed by atoms with van der Waals surface area (Å²) in [6, 6.07) is 5.99. The Morgan fingerprint density at radius 1 is 1.21 bits per heavy atom. The van der Waals surface area contributed by atoms with E-state index in [1.54, 1.807) is 9.80 Å². The van der Waals surface area contributed by atoms with Gasteiger partial charge in [0.2, 0.25) is 17.7 Å². The molecule has 0 aromatic heterocycles. The second-order valence-corrected chi connectivity index (χ2v) is 8.52. The zero-order valence-corrected chi connectivity index (χ0v) is 16.7. The number of nitrogens with zero attached hydrogens (tertiary/aromatic N) is 2. The average Bonchev–Trinajstić information content (AvgIpc) is 3.28. The minimum Gasteiger partial charge on any atom is -0.360 e. The van der Waals surface area contributed by atoms with Crippen molar-refractivity contribution >= 4 is 23.4 Å². The molecule has 2 bridgehead atoms. The Labute approximate surface area is 169 Å². The molecule has 3 fully saturated rings. The van der Waals surface area contributed by atoms with Crippen LogP contribution in [-0.4, -0.2) is 60.5 Å². The molecule has 0 unspecified atom stereocenters. The summed E-state index contributed by atoms with van der Waals surface area (Å²) in [6.07, 6.45) is 3.82. The van der Waals surface area contributed by atoms with Crippen LogP contribution in [0.25, 0.3) is 0 Å². The zero-order valence-electron chi connectivity index (χ0n) is 16.7. The molecular weight excluding hydrogens is 370 g/mol. The molecule has 4 heterocycles. The van der Waals surface area contributed by atoms with Crippen molar-refractivity contribution in [2.75, 3.05) is 31.1 Å². The highest BCUT2D eigenvalue weighted by atomic mass is 16.5. The number of anilines is 1. The molecule has 0 saturated carbocycles. The Bertz CT molecular complexity index is 942. The molecule has 4 aliphatic heterocycles. The van der Waals surface area contributed by atoms with Gasteiger partial charge in [-0.15, -0.1) is 0 Å². The van der Waals surface area contributed by atoms with E-state index in [9.17, 15) is 14.4 Å². The molecule has 152 valence electrons. The van der Waals surface area contributed by atoms with Gasteiger partial charge in [0.05, 0.1) is 24.5 Å². The van der Waals surface area contributed by atoms with Crippen molar-refractivity contribution in [2.45, 2.75) is 32.0 Å². The van der Waals surface area contributed by atoms with E-state index in [0.29, 0.717) is 32.6 Å². The van der Waals surface area contributed by atoms with E-state index in [1.165, 1.54) is 5.56 Å². The van der Waals surface area contributed by atoms with Crippen molar-refractivity contribution in [3.05, 3.63) is 41.5 Å². The molecule has 3 amide bonds. The molecular formula is C22H25N3O4. The highest BCUT2D eigenvalue weighted by molar-refractivity contribution is 6.03. The number of rotatable bonds is 2. The third-order valence-electron chi connectivity index (χ3n) is 6.81. The zero-order chi connectivity index (χ0) is 20.3. The van der Waals surface area contributed by atoms with Gasteiger partial charge in [-0.1, -0.05) is 18.2 Å². The van der Waals surface area contributed by atoms with E-state index in [0.717, 1.165) is 11.3 Å². The van der Waals surface area contributed by atoms with Gasteiger partial charge in [0.1, 0.15) is 5.60 Å². The second-order valence-electron chi connectivity index (χ2n) is 8.52. The van der Waals surface area contributed by atoms with Crippen molar-refractivity contribution in [3.63, 3.8) is 0 Å². The number of hydrogen-bond acceptors (Lipinski definition) is 4.